The Labute approximate surface area is 137 Å². The van der Waals surface area contributed by atoms with Gasteiger partial charge < -0.3 is 9.72 Å². The van der Waals surface area contributed by atoms with E-state index in [0.29, 0.717) is 0 Å². The van der Waals surface area contributed by atoms with Gasteiger partial charge in [-0.05, 0) is 38.5 Å². The Morgan fingerprint density at radius 1 is 1.26 bits per heavy atom. The molecule has 2 aromatic rings. The lowest BCUT2D eigenvalue weighted by Crippen LogP contribution is -2.37. The minimum absolute atomic E-state index is 0.135. The number of fused-ring (bicyclic) bond motifs is 1. The number of hydrogen-bond donors (Lipinski definition) is 1. The number of aromatic nitrogens is 2. The van der Waals surface area contributed by atoms with Crippen LogP contribution in [0, 0.1) is 6.92 Å². The van der Waals surface area contributed by atoms with Crippen LogP contribution in [0.3, 0.4) is 0 Å². The highest BCUT2D eigenvalue weighted by molar-refractivity contribution is 5.60. The quantitative estimate of drug-likeness (QED) is 0.922. The summed E-state index contributed by atoms with van der Waals surface area (Å²) in [5.41, 5.74) is 3.38. The van der Waals surface area contributed by atoms with Gasteiger partial charge in [-0.3, -0.25) is 4.90 Å². The molecule has 2 aliphatic rings. The van der Waals surface area contributed by atoms with E-state index in [1.54, 1.807) is 6.33 Å². The Morgan fingerprint density at radius 3 is 3.04 bits per heavy atom. The number of benzene rings is 1. The Bertz CT molecular complexity index is 721. The molecule has 0 radical (unpaired) electrons. The summed E-state index contributed by atoms with van der Waals surface area (Å²) in [7, 11) is 0. The molecule has 1 fully saturated rings. The summed E-state index contributed by atoms with van der Waals surface area (Å²) in [5.74, 6) is 1.02. The molecule has 1 aromatic carbocycles. The maximum atomic E-state index is 6.41. The van der Waals surface area contributed by atoms with Gasteiger partial charge in [0.2, 0.25) is 0 Å². The van der Waals surface area contributed by atoms with Crippen molar-refractivity contribution in [3.8, 4) is 5.75 Å². The van der Waals surface area contributed by atoms with E-state index in [9.17, 15) is 0 Å². The molecule has 120 valence electrons. The van der Waals surface area contributed by atoms with Gasteiger partial charge in [0.25, 0.3) is 0 Å². The van der Waals surface area contributed by atoms with E-state index in [-0.39, 0.29) is 5.60 Å². The summed E-state index contributed by atoms with van der Waals surface area (Å²) in [4.78, 5) is 10.1. The third kappa shape index (κ3) is 2.91. The second-order valence-electron chi connectivity index (χ2n) is 6.64. The first kappa shape index (κ1) is 14.5. The molecule has 0 aliphatic carbocycles. The normalized spacial score (nSPS) is 24.2. The number of rotatable bonds is 2. The highest BCUT2D eigenvalue weighted by atomic mass is 16.5. The molecule has 0 amide bonds. The number of aromatic amines is 1. The van der Waals surface area contributed by atoms with Gasteiger partial charge in [-0.2, -0.15) is 0 Å². The van der Waals surface area contributed by atoms with Crippen LogP contribution in [-0.2, 0) is 6.54 Å². The molecule has 1 atom stereocenters. The topological polar surface area (TPSA) is 41.2 Å². The van der Waals surface area contributed by atoms with Crippen LogP contribution in [0.5, 0.6) is 5.75 Å². The summed E-state index contributed by atoms with van der Waals surface area (Å²) in [5, 5.41) is 0. The van der Waals surface area contributed by atoms with Crippen LogP contribution >= 0.6 is 0 Å². The number of ether oxygens (including phenoxy) is 1. The van der Waals surface area contributed by atoms with E-state index >= 15 is 0 Å². The zero-order valence-corrected chi connectivity index (χ0v) is 13.6. The van der Waals surface area contributed by atoms with Crippen molar-refractivity contribution in [1.29, 1.82) is 0 Å². The number of nitrogens with zero attached hydrogens (tertiary/aromatic N) is 2. The van der Waals surface area contributed by atoms with Crippen LogP contribution < -0.4 is 4.74 Å². The molecule has 4 rings (SSSR count). The molecule has 0 unspecified atom stereocenters. The van der Waals surface area contributed by atoms with E-state index < -0.39 is 0 Å². The number of H-pyrrole nitrogens is 1. The number of nitrogens with one attached hydrogen (secondary N) is 1. The molecule has 4 nitrogen and oxygen atoms in total. The fourth-order valence-corrected chi connectivity index (χ4v) is 3.58. The molecule has 2 aliphatic heterocycles. The largest absolute Gasteiger partial charge is 0.483 e. The Morgan fingerprint density at radius 2 is 2.17 bits per heavy atom. The first-order valence-corrected chi connectivity index (χ1v) is 8.43. The lowest BCUT2D eigenvalue weighted by Gasteiger charge is -2.34. The van der Waals surface area contributed by atoms with Crippen molar-refractivity contribution >= 4 is 6.08 Å². The summed E-state index contributed by atoms with van der Waals surface area (Å²) in [6, 6.07) is 8.30. The average molecular weight is 309 g/mol. The highest BCUT2D eigenvalue weighted by Crippen LogP contribution is 2.37. The first-order chi connectivity index (χ1) is 11.2. The molecule has 1 saturated heterocycles. The smallest absolute Gasteiger partial charge is 0.129 e. The van der Waals surface area contributed by atoms with Crippen molar-refractivity contribution in [3.05, 3.63) is 53.6 Å². The summed E-state index contributed by atoms with van der Waals surface area (Å²) in [6.45, 7) is 5.16. The van der Waals surface area contributed by atoms with Gasteiger partial charge in [0.15, 0.2) is 0 Å². The van der Waals surface area contributed by atoms with Crippen molar-refractivity contribution in [2.75, 3.05) is 13.1 Å². The molecular weight excluding hydrogens is 286 g/mol. The maximum Gasteiger partial charge on any atom is 0.129 e. The lowest BCUT2D eigenvalue weighted by molar-refractivity contribution is 0.0990. The number of para-hydroxylation sites is 1. The number of likely N-dealkylation sites (tertiary alicyclic amines) is 1. The fraction of sp³-hybridized carbons (Fsp3) is 0.421. The van der Waals surface area contributed by atoms with E-state index in [0.717, 1.165) is 50.3 Å². The predicted octanol–water partition coefficient (Wildman–Crippen LogP) is 3.55. The zero-order chi connectivity index (χ0) is 15.7. The zero-order valence-electron chi connectivity index (χ0n) is 13.6. The van der Waals surface area contributed by atoms with Crippen molar-refractivity contribution in [2.45, 2.75) is 38.3 Å². The van der Waals surface area contributed by atoms with Gasteiger partial charge in [-0.25, -0.2) is 4.98 Å². The van der Waals surface area contributed by atoms with Crippen molar-refractivity contribution < 1.29 is 4.74 Å². The first-order valence-electron chi connectivity index (χ1n) is 8.43. The van der Waals surface area contributed by atoms with Gasteiger partial charge in [0.1, 0.15) is 11.4 Å². The van der Waals surface area contributed by atoms with Crippen molar-refractivity contribution in [1.82, 2.24) is 14.9 Å². The molecule has 1 spiro atoms. The van der Waals surface area contributed by atoms with Crippen molar-refractivity contribution in [2.24, 2.45) is 0 Å². The second kappa shape index (κ2) is 5.85. The molecule has 1 aromatic heterocycles. The molecule has 4 heteroatoms. The Hall–Kier alpha value is -2.07. The van der Waals surface area contributed by atoms with E-state index in [2.05, 4.69) is 58.2 Å². The van der Waals surface area contributed by atoms with Crippen molar-refractivity contribution in [3.63, 3.8) is 0 Å². The third-order valence-corrected chi connectivity index (χ3v) is 5.03. The summed E-state index contributed by atoms with van der Waals surface area (Å²) < 4.78 is 6.41. The van der Waals surface area contributed by atoms with Crippen LogP contribution in [0.25, 0.3) is 6.08 Å². The van der Waals surface area contributed by atoms with Crippen LogP contribution in [0.2, 0.25) is 0 Å². The van der Waals surface area contributed by atoms with E-state index in [4.69, 9.17) is 4.74 Å². The monoisotopic (exact) mass is 309 g/mol. The van der Waals surface area contributed by atoms with Gasteiger partial charge >= 0.3 is 0 Å². The number of imidazole rings is 1. The van der Waals surface area contributed by atoms with Gasteiger partial charge in [0, 0.05) is 30.8 Å². The van der Waals surface area contributed by atoms with E-state index in [1.165, 1.54) is 11.3 Å². The molecular formula is C19H23N3O. The van der Waals surface area contributed by atoms with Crippen LogP contribution in [-0.4, -0.2) is 33.6 Å². The minimum atomic E-state index is -0.135. The summed E-state index contributed by atoms with van der Waals surface area (Å²) >= 11 is 0. The van der Waals surface area contributed by atoms with Crippen LogP contribution in [0.4, 0.5) is 0 Å². The van der Waals surface area contributed by atoms with Gasteiger partial charge in [0.05, 0.1) is 12.0 Å². The molecule has 0 saturated carbocycles. The minimum Gasteiger partial charge on any atom is -0.483 e. The average Bonchev–Trinajstić information content (AvgIpc) is 2.87. The molecule has 0 bridgehead atoms. The third-order valence-electron chi connectivity index (χ3n) is 5.03. The number of aryl methyl sites for hydroxylation is 1. The SMILES string of the molecule is Cc1[nH]cnc1CN1CCC[C@]2(C=Cc3ccccc3O2)CC1. The molecule has 23 heavy (non-hydrogen) atoms. The van der Waals surface area contributed by atoms with Crippen LogP contribution in [0.1, 0.15) is 36.2 Å². The standard InChI is InChI=1S/C19H23N3O/c1-15-17(21-14-20-15)13-22-11-4-8-19(10-12-22)9-7-16-5-2-3-6-18(16)23-19/h2-3,5-7,9,14H,4,8,10-13H2,1H3,(H,20,21)/t19-/m0/s1. The fourth-order valence-electron chi connectivity index (χ4n) is 3.58. The summed E-state index contributed by atoms with van der Waals surface area (Å²) in [6.07, 6.45) is 9.55. The Kier molecular flexibility index (Phi) is 3.69. The highest BCUT2D eigenvalue weighted by Gasteiger charge is 2.34. The molecule has 3 heterocycles. The second-order valence-corrected chi connectivity index (χ2v) is 6.64. The van der Waals surface area contributed by atoms with E-state index in [1.807, 2.05) is 0 Å². The molecule has 1 N–H and O–H groups in total. The lowest BCUT2D eigenvalue weighted by atomic mass is 9.91. The van der Waals surface area contributed by atoms with Gasteiger partial charge in [-0.15, -0.1) is 0 Å². The van der Waals surface area contributed by atoms with Gasteiger partial charge in [-0.1, -0.05) is 24.3 Å². The number of hydrogen-bond acceptors (Lipinski definition) is 3. The predicted molar refractivity (Wildman–Crippen MR) is 91.3 cm³/mol. The Balaban J connectivity index is 1.47. The maximum absolute atomic E-state index is 6.41. The van der Waals surface area contributed by atoms with Crippen LogP contribution in [0.15, 0.2) is 36.7 Å².